The molecule has 23 heavy (non-hydrogen) atoms. The molecule has 0 aliphatic heterocycles. The van der Waals surface area contributed by atoms with Gasteiger partial charge in [-0.1, -0.05) is 12.1 Å². The van der Waals surface area contributed by atoms with Gasteiger partial charge in [-0.05, 0) is 61.2 Å². The number of ether oxygens (including phenoxy) is 1. The minimum atomic E-state index is -3.53. The topological polar surface area (TPSA) is 75.6 Å². The van der Waals surface area contributed by atoms with Gasteiger partial charge in [-0.15, -0.1) is 0 Å². The third-order valence-corrected chi connectivity index (χ3v) is 4.98. The number of hydrogen-bond acceptors (Lipinski definition) is 4. The Hall–Kier alpha value is -2.05. The second-order valence-corrected chi connectivity index (χ2v) is 7.07. The lowest BCUT2D eigenvalue weighted by molar-refractivity contribution is 0.411. The minimum Gasteiger partial charge on any atom is -0.508 e. The van der Waals surface area contributed by atoms with E-state index < -0.39 is 10.0 Å². The fourth-order valence-electron chi connectivity index (χ4n) is 2.31. The van der Waals surface area contributed by atoms with Crippen LogP contribution in [0.1, 0.15) is 17.5 Å². The number of aryl methyl sites for hydroxylation is 2. The monoisotopic (exact) mass is 335 g/mol. The number of aromatic hydroxyl groups is 1. The molecule has 5 nitrogen and oxygen atoms in total. The van der Waals surface area contributed by atoms with E-state index in [4.69, 9.17) is 4.74 Å². The first-order valence-electron chi connectivity index (χ1n) is 7.34. The fraction of sp³-hybridized carbons (Fsp3) is 0.294. The molecule has 0 amide bonds. The molecule has 2 aromatic carbocycles. The number of rotatable bonds is 7. The Morgan fingerprint density at radius 3 is 2.61 bits per heavy atom. The van der Waals surface area contributed by atoms with E-state index in [9.17, 15) is 13.5 Å². The van der Waals surface area contributed by atoms with Crippen LogP contribution in [-0.2, 0) is 16.4 Å². The maximum absolute atomic E-state index is 12.3. The highest BCUT2D eigenvalue weighted by atomic mass is 32.2. The van der Waals surface area contributed by atoms with Crippen LogP contribution in [0.4, 0.5) is 0 Å². The Kier molecular flexibility index (Phi) is 5.63. The number of nitrogens with one attached hydrogen (secondary N) is 1. The molecule has 0 bridgehead atoms. The van der Waals surface area contributed by atoms with Crippen molar-refractivity contribution >= 4 is 10.0 Å². The molecule has 2 rings (SSSR count). The van der Waals surface area contributed by atoms with E-state index in [0.717, 1.165) is 11.1 Å². The van der Waals surface area contributed by atoms with Gasteiger partial charge >= 0.3 is 0 Å². The molecule has 0 saturated carbocycles. The highest BCUT2D eigenvalue weighted by Crippen LogP contribution is 2.21. The predicted octanol–water partition coefficient (Wildman–Crippen LogP) is 2.62. The van der Waals surface area contributed by atoms with E-state index in [1.54, 1.807) is 44.4 Å². The summed E-state index contributed by atoms with van der Waals surface area (Å²) in [5, 5.41) is 9.39. The van der Waals surface area contributed by atoms with Gasteiger partial charge in [-0.25, -0.2) is 13.1 Å². The third-order valence-electron chi connectivity index (χ3n) is 3.52. The van der Waals surface area contributed by atoms with Crippen molar-refractivity contribution in [3.63, 3.8) is 0 Å². The van der Waals surface area contributed by atoms with Gasteiger partial charge in [-0.2, -0.15) is 0 Å². The standard InChI is InChI=1S/C17H21NO4S/c1-13-11-16(8-9-17(13)22-2)23(20,21)18-10-4-6-14-5-3-7-15(19)12-14/h3,5,7-9,11-12,18-19H,4,6,10H2,1-2H3. The number of hydrogen-bond donors (Lipinski definition) is 2. The Morgan fingerprint density at radius 1 is 1.17 bits per heavy atom. The molecule has 0 aliphatic carbocycles. The average molecular weight is 335 g/mol. The fourth-order valence-corrected chi connectivity index (χ4v) is 3.47. The molecular formula is C17H21NO4S. The molecule has 0 spiro atoms. The number of phenols is 1. The van der Waals surface area contributed by atoms with E-state index in [0.29, 0.717) is 25.1 Å². The SMILES string of the molecule is COc1ccc(S(=O)(=O)NCCCc2cccc(O)c2)cc1C. The van der Waals surface area contributed by atoms with Crippen LogP contribution in [0.25, 0.3) is 0 Å². The van der Waals surface area contributed by atoms with Gasteiger partial charge in [0.2, 0.25) is 10.0 Å². The summed E-state index contributed by atoms with van der Waals surface area (Å²) in [6.07, 6.45) is 1.34. The summed E-state index contributed by atoms with van der Waals surface area (Å²) in [5.74, 6) is 0.879. The number of methoxy groups -OCH3 is 1. The zero-order valence-corrected chi connectivity index (χ0v) is 14.1. The minimum absolute atomic E-state index is 0.219. The van der Waals surface area contributed by atoms with Gasteiger partial charge in [0.15, 0.2) is 0 Å². The van der Waals surface area contributed by atoms with Crippen LogP contribution < -0.4 is 9.46 Å². The highest BCUT2D eigenvalue weighted by molar-refractivity contribution is 7.89. The molecule has 0 radical (unpaired) electrons. The van der Waals surface area contributed by atoms with Crippen molar-refractivity contribution in [3.05, 3.63) is 53.6 Å². The average Bonchev–Trinajstić information content (AvgIpc) is 2.51. The largest absolute Gasteiger partial charge is 0.508 e. The summed E-state index contributed by atoms with van der Waals surface area (Å²) in [6, 6.07) is 11.7. The molecule has 6 heteroatoms. The van der Waals surface area contributed by atoms with Crippen LogP contribution >= 0.6 is 0 Å². The zero-order chi connectivity index (χ0) is 16.9. The molecular weight excluding hydrogens is 314 g/mol. The summed E-state index contributed by atoms with van der Waals surface area (Å²) in [7, 11) is -1.97. The van der Waals surface area contributed by atoms with Gasteiger partial charge in [0.1, 0.15) is 11.5 Å². The first kappa shape index (κ1) is 17.3. The number of sulfonamides is 1. The number of benzene rings is 2. The normalized spacial score (nSPS) is 11.4. The van der Waals surface area contributed by atoms with Crippen molar-refractivity contribution in [3.8, 4) is 11.5 Å². The first-order valence-corrected chi connectivity index (χ1v) is 8.83. The molecule has 0 heterocycles. The van der Waals surface area contributed by atoms with Crippen molar-refractivity contribution in [1.82, 2.24) is 4.72 Å². The lowest BCUT2D eigenvalue weighted by Gasteiger charge is -2.10. The Labute approximate surface area is 137 Å². The van der Waals surface area contributed by atoms with Crippen LogP contribution in [0.5, 0.6) is 11.5 Å². The van der Waals surface area contributed by atoms with Crippen LogP contribution in [-0.4, -0.2) is 27.2 Å². The lowest BCUT2D eigenvalue weighted by atomic mass is 10.1. The van der Waals surface area contributed by atoms with E-state index in [1.807, 2.05) is 6.07 Å². The van der Waals surface area contributed by atoms with Crippen molar-refractivity contribution in [1.29, 1.82) is 0 Å². The van der Waals surface area contributed by atoms with Crippen LogP contribution in [0, 0.1) is 6.92 Å². The molecule has 0 aliphatic rings. The van der Waals surface area contributed by atoms with Crippen molar-refractivity contribution in [2.24, 2.45) is 0 Å². The molecule has 0 saturated heterocycles. The first-order chi connectivity index (χ1) is 10.9. The van der Waals surface area contributed by atoms with Gasteiger partial charge < -0.3 is 9.84 Å². The van der Waals surface area contributed by atoms with Gasteiger partial charge in [-0.3, -0.25) is 0 Å². The highest BCUT2D eigenvalue weighted by Gasteiger charge is 2.14. The van der Waals surface area contributed by atoms with Gasteiger partial charge in [0.05, 0.1) is 12.0 Å². The van der Waals surface area contributed by atoms with E-state index in [1.165, 1.54) is 6.07 Å². The molecule has 0 aromatic heterocycles. The van der Waals surface area contributed by atoms with Crippen molar-refractivity contribution < 1.29 is 18.3 Å². The zero-order valence-electron chi connectivity index (χ0n) is 13.2. The van der Waals surface area contributed by atoms with Gasteiger partial charge in [0.25, 0.3) is 0 Å². The van der Waals surface area contributed by atoms with Crippen molar-refractivity contribution in [2.45, 2.75) is 24.7 Å². The molecule has 0 fully saturated rings. The maximum atomic E-state index is 12.3. The van der Waals surface area contributed by atoms with E-state index >= 15 is 0 Å². The summed E-state index contributed by atoms with van der Waals surface area (Å²) in [4.78, 5) is 0.230. The lowest BCUT2D eigenvalue weighted by Crippen LogP contribution is -2.25. The van der Waals surface area contributed by atoms with Crippen LogP contribution in [0.15, 0.2) is 47.4 Å². The van der Waals surface area contributed by atoms with Crippen LogP contribution in [0.3, 0.4) is 0 Å². The smallest absolute Gasteiger partial charge is 0.240 e. The second-order valence-electron chi connectivity index (χ2n) is 5.30. The molecule has 2 aromatic rings. The molecule has 0 unspecified atom stereocenters. The van der Waals surface area contributed by atoms with E-state index in [2.05, 4.69) is 4.72 Å². The molecule has 0 atom stereocenters. The quantitative estimate of drug-likeness (QED) is 0.763. The summed E-state index contributed by atoms with van der Waals surface area (Å²) in [5.41, 5.74) is 1.75. The second kappa shape index (κ2) is 7.48. The number of phenolic OH excluding ortho intramolecular Hbond substituents is 1. The van der Waals surface area contributed by atoms with Crippen molar-refractivity contribution in [2.75, 3.05) is 13.7 Å². The van der Waals surface area contributed by atoms with Gasteiger partial charge in [0, 0.05) is 6.54 Å². The summed E-state index contributed by atoms with van der Waals surface area (Å²) < 4.78 is 32.2. The maximum Gasteiger partial charge on any atom is 0.240 e. The molecule has 124 valence electrons. The predicted molar refractivity (Wildman–Crippen MR) is 89.3 cm³/mol. The summed E-state index contributed by atoms with van der Waals surface area (Å²) in [6.45, 7) is 2.14. The Balaban J connectivity index is 1.92. The Bertz CT molecular complexity index is 772. The van der Waals surface area contributed by atoms with E-state index in [-0.39, 0.29) is 10.6 Å². The summed E-state index contributed by atoms with van der Waals surface area (Å²) >= 11 is 0. The molecule has 2 N–H and O–H groups in total. The third kappa shape index (κ3) is 4.71. The Morgan fingerprint density at radius 2 is 1.96 bits per heavy atom. The van der Waals surface area contributed by atoms with Crippen LogP contribution in [0.2, 0.25) is 0 Å².